The molecule has 4 aromatic rings. The number of benzene rings is 2. The molecule has 0 radical (unpaired) electrons. The molecule has 38 heavy (non-hydrogen) atoms. The Morgan fingerprint density at radius 3 is 2.21 bits per heavy atom. The first-order valence-corrected chi connectivity index (χ1v) is 13.5. The van der Waals surface area contributed by atoms with Crippen LogP contribution in [0, 0.1) is 11.8 Å². The van der Waals surface area contributed by atoms with Gasteiger partial charge in [-0.1, -0.05) is 24.0 Å². The van der Waals surface area contributed by atoms with Crippen LogP contribution in [0.2, 0.25) is 0 Å². The number of hydrazine groups is 1. The standard InChI is InChI=1S/C28H26N6O3S/c1-33-14-16-34(17-15-33)38(36,37)23-10-6-21(7-11-23)3-2-20-4-8-22(9-5-20)27-18-24(28(35)32-29)25-19-30-13-12-26(25)31-27/h4-13,18-19H,14-17,29H2,1H3,(H,32,35). The van der Waals surface area contributed by atoms with Gasteiger partial charge in [0.05, 0.1) is 21.7 Å². The summed E-state index contributed by atoms with van der Waals surface area (Å²) in [5.41, 5.74) is 6.15. The van der Waals surface area contributed by atoms with E-state index in [4.69, 9.17) is 5.84 Å². The monoisotopic (exact) mass is 526 g/mol. The van der Waals surface area contributed by atoms with Crippen LogP contribution in [0.3, 0.4) is 0 Å². The Hall–Kier alpha value is -4.14. The fourth-order valence-electron chi connectivity index (χ4n) is 4.24. The molecule has 0 unspecified atom stereocenters. The van der Waals surface area contributed by atoms with Gasteiger partial charge in [0.25, 0.3) is 5.91 Å². The Morgan fingerprint density at radius 2 is 1.58 bits per heavy atom. The van der Waals surface area contributed by atoms with E-state index in [9.17, 15) is 13.2 Å². The number of aromatic nitrogens is 2. The molecule has 2 aromatic heterocycles. The molecule has 1 aliphatic heterocycles. The highest BCUT2D eigenvalue weighted by Crippen LogP contribution is 2.25. The van der Waals surface area contributed by atoms with Crippen LogP contribution in [-0.4, -0.2) is 66.7 Å². The summed E-state index contributed by atoms with van der Waals surface area (Å²) in [5, 5.41) is 0.615. The van der Waals surface area contributed by atoms with Gasteiger partial charge >= 0.3 is 0 Å². The van der Waals surface area contributed by atoms with Crippen molar-refractivity contribution in [2.75, 3.05) is 33.2 Å². The first-order chi connectivity index (χ1) is 18.3. The van der Waals surface area contributed by atoms with Crippen molar-refractivity contribution in [3.8, 4) is 23.1 Å². The lowest BCUT2D eigenvalue weighted by Gasteiger charge is -2.31. The molecule has 1 fully saturated rings. The first-order valence-electron chi connectivity index (χ1n) is 12.0. The van der Waals surface area contributed by atoms with E-state index in [0.717, 1.165) is 24.2 Å². The van der Waals surface area contributed by atoms with Gasteiger partial charge in [-0.15, -0.1) is 0 Å². The van der Waals surface area contributed by atoms with Crippen molar-refractivity contribution in [3.05, 3.63) is 89.7 Å². The molecule has 192 valence electrons. The number of rotatable bonds is 4. The topological polar surface area (TPSA) is 122 Å². The van der Waals surface area contributed by atoms with Gasteiger partial charge in [-0.3, -0.25) is 15.2 Å². The van der Waals surface area contributed by atoms with Crippen molar-refractivity contribution in [2.45, 2.75) is 4.90 Å². The van der Waals surface area contributed by atoms with Crippen LogP contribution in [0.4, 0.5) is 0 Å². The molecular formula is C28H26N6O3S. The van der Waals surface area contributed by atoms with Crippen molar-refractivity contribution in [3.63, 3.8) is 0 Å². The molecule has 9 nitrogen and oxygen atoms in total. The zero-order valence-electron chi connectivity index (χ0n) is 20.8. The quantitative estimate of drug-likeness (QED) is 0.181. The molecule has 10 heteroatoms. The van der Waals surface area contributed by atoms with Crippen molar-refractivity contribution in [1.82, 2.24) is 24.6 Å². The van der Waals surface area contributed by atoms with Gasteiger partial charge in [-0.2, -0.15) is 4.31 Å². The molecule has 3 heterocycles. The van der Waals surface area contributed by atoms with Crippen molar-refractivity contribution >= 4 is 26.8 Å². The van der Waals surface area contributed by atoms with Crippen LogP contribution in [-0.2, 0) is 10.0 Å². The number of carbonyl (C=O) groups is 1. The number of pyridine rings is 2. The maximum Gasteiger partial charge on any atom is 0.265 e. The maximum absolute atomic E-state index is 12.9. The smallest absolute Gasteiger partial charge is 0.265 e. The Morgan fingerprint density at radius 1 is 0.947 bits per heavy atom. The number of carbonyl (C=O) groups excluding carboxylic acids is 1. The van der Waals surface area contributed by atoms with Gasteiger partial charge in [0, 0.05) is 60.6 Å². The first kappa shape index (κ1) is 25.5. The van der Waals surface area contributed by atoms with Crippen LogP contribution in [0.5, 0.6) is 0 Å². The highest BCUT2D eigenvalue weighted by atomic mass is 32.2. The van der Waals surface area contributed by atoms with Gasteiger partial charge in [-0.05, 0) is 55.6 Å². The minimum Gasteiger partial charge on any atom is -0.304 e. The lowest BCUT2D eigenvalue weighted by atomic mass is 10.0. The molecular weight excluding hydrogens is 500 g/mol. The van der Waals surface area contributed by atoms with Crippen LogP contribution in [0.15, 0.2) is 78.0 Å². The number of likely N-dealkylation sites (N-methyl/N-ethyl adjacent to an activating group) is 1. The maximum atomic E-state index is 12.9. The van der Waals surface area contributed by atoms with E-state index in [-0.39, 0.29) is 4.90 Å². The molecule has 5 rings (SSSR count). The van der Waals surface area contributed by atoms with Crippen molar-refractivity contribution < 1.29 is 13.2 Å². The average molecular weight is 527 g/mol. The molecule has 0 aliphatic carbocycles. The predicted octanol–water partition coefficient (Wildman–Crippen LogP) is 2.24. The number of nitrogens with zero attached hydrogens (tertiary/aromatic N) is 4. The fraction of sp³-hybridized carbons (Fsp3) is 0.179. The lowest BCUT2D eigenvalue weighted by Crippen LogP contribution is -2.46. The molecule has 1 amide bonds. The molecule has 1 saturated heterocycles. The number of amides is 1. The number of sulfonamides is 1. The highest BCUT2D eigenvalue weighted by molar-refractivity contribution is 7.89. The van der Waals surface area contributed by atoms with E-state index in [1.165, 1.54) is 4.31 Å². The zero-order chi connectivity index (χ0) is 26.7. The third-order valence-corrected chi connectivity index (χ3v) is 8.38. The largest absolute Gasteiger partial charge is 0.304 e. The molecule has 2 aromatic carbocycles. The van der Waals surface area contributed by atoms with E-state index in [1.807, 2.05) is 31.3 Å². The SMILES string of the molecule is CN1CCN(S(=O)(=O)c2ccc(C#Cc3ccc(-c4cc(C(=O)NN)c5cnccc5n4)cc3)cc2)CC1. The Balaban J connectivity index is 1.34. The number of nitrogens with one attached hydrogen (secondary N) is 1. The highest BCUT2D eigenvalue weighted by Gasteiger charge is 2.27. The van der Waals surface area contributed by atoms with Crippen LogP contribution in [0.25, 0.3) is 22.2 Å². The second kappa shape index (κ2) is 10.7. The predicted molar refractivity (Wildman–Crippen MR) is 145 cm³/mol. The Kier molecular flexibility index (Phi) is 7.18. The van der Waals surface area contributed by atoms with Gasteiger partial charge in [0.15, 0.2) is 0 Å². The fourth-order valence-corrected chi connectivity index (χ4v) is 5.66. The minimum absolute atomic E-state index is 0.276. The summed E-state index contributed by atoms with van der Waals surface area (Å²) in [6, 6.07) is 17.6. The summed E-state index contributed by atoms with van der Waals surface area (Å²) in [6.45, 7) is 2.42. The molecule has 0 spiro atoms. The summed E-state index contributed by atoms with van der Waals surface area (Å²) in [6.07, 6.45) is 3.21. The van der Waals surface area contributed by atoms with E-state index in [0.29, 0.717) is 40.8 Å². The zero-order valence-corrected chi connectivity index (χ0v) is 21.6. The second-order valence-corrected chi connectivity index (χ2v) is 10.9. The summed E-state index contributed by atoms with van der Waals surface area (Å²) in [4.78, 5) is 23.4. The summed E-state index contributed by atoms with van der Waals surface area (Å²) in [7, 11) is -1.52. The normalized spacial score (nSPS) is 14.6. The number of piperazine rings is 1. The summed E-state index contributed by atoms with van der Waals surface area (Å²) < 4.78 is 27.4. The number of nitrogens with two attached hydrogens (primary N) is 1. The van der Waals surface area contributed by atoms with Gasteiger partial charge in [-0.25, -0.2) is 19.2 Å². The second-order valence-electron chi connectivity index (χ2n) is 8.98. The average Bonchev–Trinajstić information content (AvgIpc) is 2.96. The molecule has 1 aliphatic rings. The van der Waals surface area contributed by atoms with Crippen LogP contribution in [0.1, 0.15) is 21.5 Å². The van der Waals surface area contributed by atoms with E-state index in [2.05, 4.69) is 32.1 Å². The minimum atomic E-state index is -3.51. The molecule has 0 saturated carbocycles. The van der Waals surface area contributed by atoms with Crippen LogP contribution >= 0.6 is 0 Å². The number of fused-ring (bicyclic) bond motifs is 1. The van der Waals surface area contributed by atoms with Crippen molar-refractivity contribution in [1.29, 1.82) is 0 Å². The van der Waals surface area contributed by atoms with Gasteiger partial charge in [0.2, 0.25) is 10.0 Å². The summed E-state index contributed by atoms with van der Waals surface area (Å²) in [5.74, 6) is 11.1. The third-order valence-electron chi connectivity index (χ3n) is 6.47. The molecule has 0 atom stereocenters. The Labute approximate surface area is 221 Å². The Bertz CT molecular complexity index is 1650. The van der Waals surface area contributed by atoms with E-state index in [1.54, 1.807) is 48.8 Å². The lowest BCUT2D eigenvalue weighted by molar-refractivity contribution is 0.0955. The molecule has 0 bridgehead atoms. The number of hydrogen-bond acceptors (Lipinski definition) is 7. The van der Waals surface area contributed by atoms with E-state index < -0.39 is 15.9 Å². The van der Waals surface area contributed by atoms with Crippen molar-refractivity contribution in [2.24, 2.45) is 5.84 Å². The summed E-state index contributed by atoms with van der Waals surface area (Å²) >= 11 is 0. The number of nitrogen functional groups attached to an aromatic ring is 1. The molecule has 3 N–H and O–H groups in total. The third kappa shape index (κ3) is 5.27. The number of hydrogen-bond donors (Lipinski definition) is 2. The van der Waals surface area contributed by atoms with Gasteiger partial charge in [0.1, 0.15) is 0 Å². The van der Waals surface area contributed by atoms with Crippen LogP contribution < -0.4 is 11.3 Å². The van der Waals surface area contributed by atoms with E-state index >= 15 is 0 Å². The van der Waals surface area contributed by atoms with Gasteiger partial charge < -0.3 is 4.90 Å².